The van der Waals surface area contributed by atoms with Crippen molar-refractivity contribution in [2.24, 2.45) is 5.92 Å². The van der Waals surface area contributed by atoms with E-state index in [1.165, 1.54) is 4.90 Å². The Morgan fingerprint density at radius 1 is 1.11 bits per heavy atom. The molecule has 0 unspecified atom stereocenters. The zero-order valence-corrected chi connectivity index (χ0v) is 9.97. The fourth-order valence-electron chi connectivity index (χ4n) is 2.28. The van der Waals surface area contributed by atoms with Crippen LogP contribution in [0.25, 0.3) is 0 Å². The van der Waals surface area contributed by atoms with Gasteiger partial charge in [0.2, 0.25) is 0 Å². The van der Waals surface area contributed by atoms with E-state index in [4.69, 9.17) is 5.73 Å². The monoisotopic (exact) mass is 280 g/mol. The van der Waals surface area contributed by atoms with E-state index in [0.29, 0.717) is 6.07 Å². The minimum Gasteiger partial charge on any atom is -0.395 e. The first-order chi connectivity index (χ1) is 8.79. The second-order valence-corrected chi connectivity index (χ2v) is 4.62. The molecule has 106 valence electrons. The van der Waals surface area contributed by atoms with Crippen LogP contribution in [0.3, 0.4) is 0 Å². The Kier molecular flexibility index (Phi) is 3.56. The molecular weight excluding hydrogens is 267 g/mol. The van der Waals surface area contributed by atoms with Crippen molar-refractivity contribution in [3.63, 3.8) is 0 Å². The number of nitrogens with two attached hydrogens (primary N) is 1. The van der Waals surface area contributed by atoms with Crippen LogP contribution in [0.15, 0.2) is 12.1 Å². The lowest BCUT2D eigenvalue weighted by molar-refractivity contribution is -0.179. The van der Waals surface area contributed by atoms with Gasteiger partial charge in [0.25, 0.3) is 0 Å². The fraction of sp³-hybridized carbons (Fsp3) is 0.500. The highest BCUT2D eigenvalue weighted by atomic mass is 19.4. The fourth-order valence-corrected chi connectivity index (χ4v) is 2.28. The summed E-state index contributed by atoms with van der Waals surface area (Å²) in [5, 5.41) is 0. The lowest BCUT2D eigenvalue weighted by Gasteiger charge is -2.35. The number of hydrogen-bond acceptors (Lipinski definition) is 2. The molecule has 0 atom stereocenters. The van der Waals surface area contributed by atoms with Crippen molar-refractivity contribution < 1.29 is 22.0 Å². The third-order valence-corrected chi connectivity index (χ3v) is 3.37. The number of benzene rings is 1. The van der Waals surface area contributed by atoms with Gasteiger partial charge in [0, 0.05) is 19.2 Å². The molecular formula is C12H13F5N2. The number of rotatable bonds is 1. The van der Waals surface area contributed by atoms with Gasteiger partial charge in [-0.1, -0.05) is 0 Å². The second-order valence-electron chi connectivity index (χ2n) is 4.62. The molecule has 1 saturated heterocycles. The molecule has 7 heteroatoms. The highest BCUT2D eigenvalue weighted by Crippen LogP contribution is 2.37. The molecule has 0 aliphatic carbocycles. The van der Waals surface area contributed by atoms with Gasteiger partial charge < -0.3 is 10.6 Å². The lowest BCUT2D eigenvalue weighted by atomic mass is 9.96. The van der Waals surface area contributed by atoms with Crippen molar-refractivity contribution >= 4 is 11.4 Å². The Morgan fingerprint density at radius 2 is 1.68 bits per heavy atom. The Hall–Kier alpha value is -1.53. The van der Waals surface area contributed by atoms with Gasteiger partial charge >= 0.3 is 6.18 Å². The van der Waals surface area contributed by atoms with Gasteiger partial charge in [0.1, 0.15) is 5.82 Å². The summed E-state index contributed by atoms with van der Waals surface area (Å²) in [5.74, 6) is -3.05. The van der Waals surface area contributed by atoms with E-state index in [9.17, 15) is 22.0 Å². The van der Waals surface area contributed by atoms with Gasteiger partial charge in [-0.15, -0.1) is 0 Å². The lowest BCUT2D eigenvalue weighted by Crippen LogP contribution is -2.39. The van der Waals surface area contributed by atoms with Crippen LogP contribution in [-0.2, 0) is 0 Å². The summed E-state index contributed by atoms with van der Waals surface area (Å²) in [7, 11) is 0. The molecule has 2 N–H and O–H groups in total. The van der Waals surface area contributed by atoms with E-state index in [1.807, 2.05) is 0 Å². The van der Waals surface area contributed by atoms with E-state index in [1.54, 1.807) is 0 Å². The van der Waals surface area contributed by atoms with Crippen molar-refractivity contribution in [1.82, 2.24) is 0 Å². The number of nitrogen functional groups attached to an aromatic ring is 1. The molecule has 1 aliphatic heterocycles. The van der Waals surface area contributed by atoms with E-state index >= 15 is 0 Å². The third-order valence-electron chi connectivity index (χ3n) is 3.37. The summed E-state index contributed by atoms with van der Waals surface area (Å²) in [6.45, 7) is 0.161. The maximum Gasteiger partial charge on any atom is 0.391 e. The summed E-state index contributed by atoms with van der Waals surface area (Å²) >= 11 is 0. The summed E-state index contributed by atoms with van der Waals surface area (Å²) < 4.78 is 64.0. The van der Waals surface area contributed by atoms with Crippen molar-refractivity contribution in [2.45, 2.75) is 19.0 Å². The Morgan fingerprint density at radius 3 is 2.21 bits per heavy atom. The zero-order valence-electron chi connectivity index (χ0n) is 9.97. The molecule has 1 fully saturated rings. The normalized spacial score (nSPS) is 17.8. The van der Waals surface area contributed by atoms with Crippen LogP contribution in [0.1, 0.15) is 12.8 Å². The minimum atomic E-state index is -4.22. The molecule has 1 aromatic carbocycles. The number of nitrogens with zero attached hydrogens (tertiary/aromatic N) is 1. The van der Waals surface area contributed by atoms with Gasteiger partial charge in [-0.2, -0.15) is 13.2 Å². The molecule has 2 rings (SSSR count). The van der Waals surface area contributed by atoms with Crippen LogP contribution in [0.4, 0.5) is 33.3 Å². The minimum absolute atomic E-state index is 0.0806. The summed E-state index contributed by atoms with van der Waals surface area (Å²) in [6.07, 6.45) is -4.41. The molecule has 1 aromatic rings. The van der Waals surface area contributed by atoms with E-state index in [-0.39, 0.29) is 37.3 Å². The van der Waals surface area contributed by atoms with E-state index < -0.39 is 23.7 Å². The standard InChI is InChI=1S/C12H13F5N2/c13-8-5-9(14)11(18)10(6-8)19-3-1-7(2-4-19)12(15,16)17/h5-7H,1-4,18H2. The first-order valence-electron chi connectivity index (χ1n) is 5.85. The Bertz CT molecular complexity index is 464. The quantitative estimate of drug-likeness (QED) is 0.631. The van der Waals surface area contributed by atoms with Crippen molar-refractivity contribution in [1.29, 1.82) is 0 Å². The number of hydrogen-bond donors (Lipinski definition) is 1. The van der Waals surface area contributed by atoms with Gasteiger partial charge in [0.15, 0.2) is 5.82 Å². The predicted molar refractivity (Wildman–Crippen MR) is 61.8 cm³/mol. The molecule has 19 heavy (non-hydrogen) atoms. The SMILES string of the molecule is Nc1c(F)cc(F)cc1N1CCC(C(F)(F)F)CC1. The first kappa shape index (κ1) is 13.9. The van der Waals surface area contributed by atoms with E-state index in [2.05, 4.69) is 0 Å². The molecule has 1 aliphatic rings. The average Bonchev–Trinajstić information content (AvgIpc) is 2.33. The second kappa shape index (κ2) is 4.86. The molecule has 0 amide bonds. The predicted octanol–water partition coefficient (Wildman–Crippen LogP) is 3.33. The van der Waals surface area contributed by atoms with Crippen molar-refractivity contribution in [2.75, 3.05) is 23.7 Å². The zero-order chi connectivity index (χ0) is 14.2. The van der Waals surface area contributed by atoms with Crippen molar-refractivity contribution in [3.8, 4) is 0 Å². The van der Waals surface area contributed by atoms with Crippen LogP contribution >= 0.6 is 0 Å². The van der Waals surface area contributed by atoms with Crippen LogP contribution in [-0.4, -0.2) is 19.3 Å². The Labute approximate surface area is 107 Å². The average molecular weight is 280 g/mol. The van der Waals surface area contributed by atoms with Crippen LogP contribution in [0.2, 0.25) is 0 Å². The largest absolute Gasteiger partial charge is 0.395 e. The molecule has 0 radical (unpaired) electrons. The van der Waals surface area contributed by atoms with Gasteiger partial charge in [-0.25, -0.2) is 8.78 Å². The summed E-state index contributed by atoms with van der Waals surface area (Å²) in [6, 6.07) is 1.70. The number of halogens is 5. The highest BCUT2D eigenvalue weighted by molar-refractivity contribution is 5.68. The van der Waals surface area contributed by atoms with Crippen LogP contribution in [0.5, 0.6) is 0 Å². The maximum atomic E-state index is 13.3. The van der Waals surface area contributed by atoms with Crippen molar-refractivity contribution in [3.05, 3.63) is 23.8 Å². The van der Waals surface area contributed by atoms with Gasteiger partial charge in [-0.3, -0.25) is 0 Å². The smallest absolute Gasteiger partial charge is 0.391 e. The van der Waals surface area contributed by atoms with Gasteiger partial charge in [0.05, 0.1) is 17.3 Å². The first-order valence-corrected chi connectivity index (χ1v) is 5.85. The summed E-state index contributed by atoms with van der Waals surface area (Å²) in [4.78, 5) is 1.49. The molecule has 2 nitrogen and oxygen atoms in total. The number of anilines is 2. The Balaban J connectivity index is 2.14. The van der Waals surface area contributed by atoms with Crippen LogP contribution < -0.4 is 10.6 Å². The highest BCUT2D eigenvalue weighted by Gasteiger charge is 2.41. The number of alkyl halides is 3. The van der Waals surface area contributed by atoms with Gasteiger partial charge in [-0.05, 0) is 18.9 Å². The molecule has 0 aromatic heterocycles. The molecule has 0 saturated carbocycles. The number of piperidine rings is 1. The van der Waals surface area contributed by atoms with E-state index in [0.717, 1.165) is 6.07 Å². The topological polar surface area (TPSA) is 29.3 Å². The molecule has 0 bridgehead atoms. The maximum absolute atomic E-state index is 13.3. The summed E-state index contributed by atoms with van der Waals surface area (Å²) in [5.41, 5.74) is 5.39. The molecule has 1 heterocycles. The third kappa shape index (κ3) is 2.90. The van der Waals surface area contributed by atoms with Crippen LogP contribution in [0, 0.1) is 17.6 Å². The molecule has 0 spiro atoms.